The van der Waals surface area contributed by atoms with Crippen LogP contribution in [-0.4, -0.2) is 31.6 Å². The number of benzene rings is 1. The van der Waals surface area contributed by atoms with E-state index in [0.29, 0.717) is 12.5 Å². The minimum Gasteiger partial charge on any atom is -0.312 e. The number of likely N-dealkylation sites (tertiary alicyclic amines) is 1. The van der Waals surface area contributed by atoms with Crippen LogP contribution in [0.4, 0.5) is 4.39 Å². The topological polar surface area (TPSA) is 15.3 Å². The number of hydrogen-bond donors (Lipinski definition) is 1. The summed E-state index contributed by atoms with van der Waals surface area (Å²) in [5, 5.41) is 3.37. The van der Waals surface area contributed by atoms with E-state index in [0.717, 1.165) is 23.1 Å². The molecule has 0 spiro atoms. The van der Waals surface area contributed by atoms with E-state index in [2.05, 4.69) is 33.2 Å². The molecule has 1 aliphatic heterocycles. The van der Waals surface area contributed by atoms with E-state index in [1.165, 1.54) is 25.5 Å². The van der Waals surface area contributed by atoms with Gasteiger partial charge in [-0.1, -0.05) is 15.9 Å². The second-order valence-corrected chi connectivity index (χ2v) is 6.05. The monoisotopic (exact) mass is 314 g/mol. The van der Waals surface area contributed by atoms with Gasteiger partial charge in [0.25, 0.3) is 0 Å². The van der Waals surface area contributed by atoms with Crippen molar-refractivity contribution in [1.29, 1.82) is 0 Å². The zero-order valence-corrected chi connectivity index (χ0v) is 12.3. The Kier molecular flexibility index (Phi) is 5.15. The van der Waals surface area contributed by atoms with Gasteiger partial charge in [0.1, 0.15) is 5.82 Å². The molecule has 18 heavy (non-hydrogen) atoms. The maximum absolute atomic E-state index is 13.5. The fraction of sp³-hybridized carbons (Fsp3) is 0.571. The van der Waals surface area contributed by atoms with Crippen LogP contribution in [0.2, 0.25) is 0 Å². The zero-order valence-electron chi connectivity index (χ0n) is 10.8. The Balaban J connectivity index is 1.79. The average Bonchev–Trinajstić information content (AvgIpc) is 2.34. The molecule has 1 saturated heterocycles. The van der Waals surface area contributed by atoms with Crippen LogP contribution in [0, 0.1) is 11.7 Å². The van der Waals surface area contributed by atoms with Gasteiger partial charge in [-0.2, -0.15) is 0 Å². The minimum atomic E-state index is -0.133. The van der Waals surface area contributed by atoms with Crippen molar-refractivity contribution in [3.63, 3.8) is 0 Å². The van der Waals surface area contributed by atoms with Crippen molar-refractivity contribution >= 4 is 15.9 Å². The van der Waals surface area contributed by atoms with Gasteiger partial charge in [-0.05, 0) is 57.1 Å². The Hall–Kier alpha value is -0.450. The molecular weight excluding hydrogens is 295 g/mol. The van der Waals surface area contributed by atoms with Crippen molar-refractivity contribution in [3.8, 4) is 0 Å². The maximum Gasteiger partial charge on any atom is 0.127 e. The highest BCUT2D eigenvalue weighted by Gasteiger charge is 2.16. The highest BCUT2D eigenvalue weighted by atomic mass is 79.9. The lowest BCUT2D eigenvalue weighted by Crippen LogP contribution is -2.37. The van der Waals surface area contributed by atoms with Crippen LogP contribution < -0.4 is 5.32 Å². The largest absolute Gasteiger partial charge is 0.312 e. The first-order valence-electron chi connectivity index (χ1n) is 6.48. The van der Waals surface area contributed by atoms with E-state index in [4.69, 9.17) is 0 Å². The fourth-order valence-electron chi connectivity index (χ4n) is 2.53. The molecule has 0 aromatic heterocycles. The van der Waals surface area contributed by atoms with Crippen molar-refractivity contribution in [2.75, 3.05) is 26.7 Å². The van der Waals surface area contributed by atoms with Gasteiger partial charge >= 0.3 is 0 Å². The van der Waals surface area contributed by atoms with Crippen molar-refractivity contribution in [1.82, 2.24) is 10.2 Å². The molecule has 2 rings (SSSR count). The number of rotatable bonds is 4. The summed E-state index contributed by atoms with van der Waals surface area (Å²) in [7, 11) is 2.17. The van der Waals surface area contributed by atoms with Gasteiger partial charge < -0.3 is 10.2 Å². The van der Waals surface area contributed by atoms with Gasteiger partial charge in [0.05, 0.1) is 0 Å². The van der Waals surface area contributed by atoms with Crippen LogP contribution in [0.1, 0.15) is 18.4 Å². The molecule has 0 radical (unpaired) electrons. The van der Waals surface area contributed by atoms with E-state index < -0.39 is 0 Å². The summed E-state index contributed by atoms with van der Waals surface area (Å²) >= 11 is 3.37. The molecule has 0 amide bonds. The smallest absolute Gasteiger partial charge is 0.127 e. The summed E-state index contributed by atoms with van der Waals surface area (Å²) in [4.78, 5) is 2.37. The van der Waals surface area contributed by atoms with Crippen molar-refractivity contribution < 1.29 is 4.39 Å². The van der Waals surface area contributed by atoms with Crippen molar-refractivity contribution in [2.24, 2.45) is 5.92 Å². The van der Waals surface area contributed by atoms with Crippen molar-refractivity contribution in [3.05, 3.63) is 34.1 Å². The van der Waals surface area contributed by atoms with Gasteiger partial charge in [-0.15, -0.1) is 0 Å². The summed E-state index contributed by atoms with van der Waals surface area (Å²) in [6, 6.07) is 5.08. The lowest BCUT2D eigenvalue weighted by atomic mass is 9.98. The molecule has 1 fully saturated rings. The Morgan fingerprint density at radius 3 is 3.11 bits per heavy atom. The van der Waals surface area contributed by atoms with Gasteiger partial charge in [-0.25, -0.2) is 4.39 Å². The molecule has 0 bridgehead atoms. The molecule has 1 aromatic carbocycles. The van der Waals surface area contributed by atoms with Gasteiger partial charge in [0.15, 0.2) is 0 Å². The molecule has 2 nitrogen and oxygen atoms in total. The van der Waals surface area contributed by atoms with Crippen LogP contribution in [0.5, 0.6) is 0 Å². The molecule has 0 aliphatic carbocycles. The molecule has 100 valence electrons. The second kappa shape index (κ2) is 6.64. The molecule has 1 heterocycles. The summed E-state index contributed by atoms with van der Waals surface area (Å²) in [6.07, 6.45) is 2.55. The minimum absolute atomic E-state index is 0.133. The van der Waals surface area contributed by atoms with Gasteiger partial charge in [-0.3, -0.25) is 0 Å². The normalized spacial score (nSPS) is 21.2. The number of hydrogen-bond acceptors (Lipinski definition) is 2. The first-order valence-corrected chi connectivity index (χ1v) is 7.27. The SMILES string of the molecule is CN1CCCC(CNCc2cc(Br)ccc2F)C1. The van der Waals surface area contributed by atoms with E-state index >= 15 is 0 Å². The molecule has 1 unspecified atom stereocenters. The predicted octanol–water partition coefficient (Wildman–Crippen LogP) is 3.02. The maximum atomic E-state index is 13.5. The van der Waals surface area contributed by atoms with Crippen LogP contribution in [0.25, 0.3) is 0 Å². The predicted molar refractivity (Wildman–Crippen MR) is 76.0 cm³/mol. The third-order valence-electron chi connectivity index (χ3n) is 3.48. The van der Waals surface area contributed by atoms with Crippen LogP contribution in [-0.2, 0) is 6.54 Å². The number of piperidine rings is 1. The van der Waals surface area contributed by atoms with E-state index in [-0.39, 0.29) is 5.82 Å². The third kappa shape index (κ3) is 4.04. The molecule has 1 N–H and O–H groups in total. The van der Waals surface area contributed by atoms with Crippen LogP contribution in [0.15, 0.2) is 22.7 Å². The number of nitrogens with one attached hydrogen (secondary N) is 1. The highest BCUT2D eigenvalue weighted by Crippen LogP contribution is 2.16. The standard InChI is InChI=1S/C14H20BrFN2/c1-18-6-2-3-11(10-18)8-17-9-12-7-13(15)4-5-14(12)16/h4-5,7,11,17H,2-3,6,8-10H2,1H3. The van der Waals surface area contributed by atoms with Crippen LogP contribution >= 0.6 is 15.9 Å². The zero-order chi connectivity index (χ0) is 13.0. The van der Waals surface area contributed by atoms with Gasteiger partial charge in [0, 0.05) is 23.1 Å². The Morgan fingerprint density at radius 2 is 2.33 bits per heavy atom. The Labute approximate surface area is 117 Å². The first kappa shape index (κ1) is 14.0. The van der Waals surface area contributed by atoms with Crippen LogP contribution in [0.3, 0.4) is 0 Å². The molecule has 4 heteroatoms. The highest BCUT2D eigenvalue weighted by molar-refractivity contribution is 9.10. The first-order chi connectivity index (χ1) is 8.65. The molecule has 1 aliphatic rings. The summed E-state index contributed by atoms with van der Waals surface area (Å²) in [5.41, 5.74) is 0.730. The quantitative estimate of drug-likeness (QED) is 0.919. The molecule has 0 saturated carbocycles. The van der Waals surface area contributed by atoms with E-state index in [1.807, 2.05) is 6.07 Å². The summed E-state index contributed by atoms with van der Waals surface area (Å²) in [6.45, 7) is 3.92. The number of halogens is 2. The van der Waals surface area contributed by atoms with Gasteiger partial charge in [0.2, 0.25) is 0 Å². The van der Waals surface area contributed by atoms with E-state index in [1.54, 1.807) is 6.07 Å². The summed E-state index contributed by atoms with van der Waals surface area (Å²) < 4.78 is 14.5. The van der Waals surface area contributed by atoms with E-state index in [9.17, 15) is 4.39 Å². The lowest BCUT2D eigenvalue weighted by Gasteiger charge is -2.29. The second-order valence-electron chi connectivity index (χ2n) is 5.14. The number of nitrogens with zero attached hydrogens (tertiary/aromatic N) is 1. The lowest BCUT2D eigenvalue weighted by molar-refractivity contribution is 0.206. The third-order valence-corrected chi connectivity index (χ3v) is 3.97. The Bertz CT molecular complexity index is 397. The average molecular weight is 315 g/mol. The van der Waals surface area contributed by atoms with Crippen molar-refractivity contribution in [2.45, 2.75) is 19.4 Å². The Morgan fingerprint density at radius 1 is 1.50 bits per heavy atom. The molecular formula is C14H20BrFN2. The molecule has 1 aromatic rings. The molecule has 1 atom stereocenters. The summed E-state index contributed by atoms with van der Waals surface area (Å²) in [5.74, 6) is 0.561. The fourth-order valence-corrected chi connectivity index (χ4v) is 2.94.